The SMILES string of the molecule is N=Nc1cccc(COc2ccc(C3NC(=O)C(N)=C3C(=N)c3ccccc3)cc2)c1. The molecule has 4 rings (SSSR count). The number of hydrogen-bond donors (Lipinski definition) is 4. The minimum atomic E-state index is -0.496. The lowest BCUT2D eigenvalue weighted by Gasteiger charge is -2.17. The molecular weight excluding hydrogens is 390 g/mol. The van der Waals surface area contributed by atoms with Crippen LogP contribution in [-0.4, -0.2) is 11.6 Å². The molecular formula is C24H21N5O2. The lowest BCUT2D eigenvalue weighted by molar-refractivity contribution is -0.117. The number of carbonyl (C=O) groups excluding carboxylic acids is 1. The highest BCUT2D eigenvalue weighted by Gasteiger charge is 2.34. The molecule has 0 fully saturated rings. The van der Waals surface area contributed by atoms with E-state index in [1.807, 2.05) is 66.7 Å². The maximum absolute atomic E-state index is 12.2. The summed E-state index contributed by atoms with van der Waals surface area (Å²) < 4.78 is 5.83. The fourth-order valence-corrected chi connectivity index (χ4v) is 3.49. The van der Waals surface area contributed by atoms with Gasteiger partial charge in [0, 0.05) is 5.57 Å². The first-order valence-electron chi connectivity index (χ1n) is 9.71. The van der Waals surface area contributed by atoms with Crippen molar-refractivity contribution in [3.8, 4) is 5.75 Å². The topological polar surface area (TPSA) is 124 Å². The highest BCUT2D eigenvalue weighted by molar-refractivity contribution is 6.17. The Morgan fingerprint density at radius 1 is 1.03 bits per heavy atom. The van der Waals surface area contributed by atoms with Gasteiger partial charge in [-0.1, -0.05) is 54.6 Å². The van der Waals surface area contributed by atoms with Gasteiger partial charge in [-0.05, 0) is 41.0 Å². The van der Waals surface area contributed by atoms with E-state index >= 15 is 0 Å². The first kappa shape index (κ1) is 20.0. The number of nitrogens with two attached hydrogens (primary N) is 1. The van der Waals surface area contributed by atoms with E-state index < -0.39 is 6.04 Å². The fraction of sp³-hybridized carbons (Fsp3) is 0.0833. The van der Waals surface area contributed by atoms with Gasteiger partial charge in [0.05, 0.1) is 17.4 Å². The van der Waals surface area contributed by atoms with Crippen LogP contribution in [0.4, 0.5) is 5.69 Å². The predicted molar refractivity (Wildman–Crippen MR) is 117 cm³/mol. The molecule has 1 amide bonds. The van der Waals surface area contributed by atoms with Crippen LogP contribution in [0.5, 0.6) is 5.75 Å². The summed E-state index contributed by atoms with van der Waals surface area (Å²) in [6.45, 7) is 0.347. The average Bonchev–Trinajstić information content (AvgIpc) is 3.12. The number of carbonyl (C=O) groups is 1. The van der Waals surface area contributed by atoms with Crippen LogP contribution >= 0.6 is 0 Å². The van der Waals surface area contributed by atoms with Gasteiger partial charge in [0.25, 0.3) is 5.91 Å². The first-order valence-corrected chi connectivity index (χ1v) is 9.71. The van der Waals surface area contributed by atoms with Gasteiger partial charge >= 0.3 is 0 Å². The quantitative estimate of drug-likeness (QED) is 0.340. The summed E-state index contributed by atoms with van der Waals surface area (Å²) in [5.74, 6) is 0.290. The monoisotopic (exact) mass is 411 g/mol. The lowest BCUT2D eigenvalue weighted by Crippen LogP contribution is -2.24. The summed E-state index contributed by atoms with van der Waals surface area (Å²) in [5, 5.41) is 14.9. The molecule has 7 heteroatoms. The molecule has 0 bridgehead atoms. The molecule has 1 unspecified atom stereocenters. The molecule has 1 aliphatic rings. The second kappa shape index (κ2) is 8.62. The zero-order valence-electron chi connectivity index (χ0n) is 16.6. The number of nitrogens with one attached hydrogen (secondary N) is 3. The van der Waals surface area contributed by atoms with E-state index in [2.05, 4.69) is 10.4 Å². The number of ether oxygens (including phenoxy) is 1. The molecule has 1 atom stereocenters. The summed E-state index contributed by atoms with van der Waals surface area (Å²) in [6.07, 6.45) is 0. The van der Waals surface area contributed by atoms with Crippen LogP contribution in [0.25, 0.3) is 0 Å². The van der Waals surface area contributed by atoms with Crippen molar-refractivity contribution in [1.82, 2.24) is 5.32 Å². The van der Waals surface area contributed by atoms with Gasteiger partial charge in [-0.15, -0.1) is 0 Å². The molecule has 1 heterocycles. The number of nitrogens with zero attached hydrogens (tertiary/aromatic N) is 1. The Bertz CT molecular complexity index is 1170. The average molecular weight is 411 g/mol. The fourth-order valence-electron chi connectivity index (χ4n) is 3.49. The molecule has 0 saturated carbocycles. The summed E-state index contributed by atoms with van der Waals surface area (Å²) in [4.78, 5) is 12.2. The van der Waals surface area contributed by atoms with Crippen LogP contribution in [0, 0.1) is 10.9 Å². The van der Waals surface area contributed by atoms with E-state index in [4.69, 9.17) is 21.4 Å². The van der Waals surface area contributed by atoms with Crippen LogP contribution in [0.1, 0.15) is 22.7 Å². The number of benzene rings is 3. The number of hydrogen-bond acceptors (Lipinski definition) is 6. The molecule has 154 valence electrons. The first-order chi connectivity index (χ1) is 15.1. The van der Waals surface area contributed by atoms with Crippen molar-refractivity contribution in [2.24, 2.45) is 10.8 Å². The Morgan fingerprint density at radius 2 is 1.77 bits per heavy atom. The van der Waals surface area contributed by atoms with Gasteiger partial charge in [0.15, 0.2) is 0 Å². The molecule has 0 radical (unpaired) electrons. The van der Waals surface area contributed by atoms with Crippen molar-refractivity contribution < 1.29 is 9.53 Å². The van der Waals surface area contributed by atoms with Crippen molar-refractivity contribution in [2.75, 3.05) is 0 Å². The molecule has 0 spiro atoms. The van der Waals surface area contributed by atoms with Gasteiger partial charge in [0.2, 0.25) is 0 Å². The van der Waals surface area contributed by atoms with Crippen LogP contribution in [0.2, 0.25) is 0 Å². The second-order valence-corrected chi connectivity index (χ2v) is 7.11. The molecule has 3 aromatic carbocycles. The highest BCUT2D eigenvalue weighted by atomic mass is 16.5. The summed E-state index contributed by atoms with van der Waals surface area (Å²) in [6, 6.07) is 23.4. The number of amides is 1. The smallest absolute Gasteiger partial charge is 0.268 e. The van der Waals surface area contributed by atoms with Gasteiger partial charge < -0.3 is 15.8 Å². The number of rotatable bonds is 7. The minimum absolute atomic E-state index is 0.0684. The van der Waals surface area contributed by atoms with E-state index in [0.717, 1.165) is 11.1 Å². The third-order valence-corrected chi connectivity index (χ3v) is 5.09. The van der Waals surface area contributed by atoms with E-state index in [-0.39, 0.29) is 17.3 Å². The summed E-state index contributed by atoms with van der Waals surface area (Å²) in [7, 11) is 0. The largest absolute Gasteiger partial charge is 0.489 e. The normalized spacial score (nSPS) is 15.5. The molecule has 0 aromatic heterocycles. The van der Waals surface area contributed by atoms with Gasteiger partial charge in [0.1, 0.15) is 18.1 Å². The zero-order chi connectivity index (χ0) is 21.8. The second-order valence-electron chi connectivity index (χ2n) is 7.11. The third kappa shape index (κ3) is 4.20. The molecule has 31 heavy (non-hydrogen) atoms. The van der Waals surface area contributed by atoms with Gasteiger partial charge in [-0.3, -0.25) is 10.2 Å². The molecule has 0 saturated heterocycles. The minimum Gasteiger partial charge on any atom is -0.489 e. The van der Waals surface area contributed by atoms with Gasteiger partial charge in [-0.25, -0.2) is 5.53 Å². The maximum Gasteiger partial charge on any atom is 0.268 e. The Balaban J connectivity index is 1.51. The lowest BCUT2D eigenvalue weighted by atomic mass is 9.92. The molecule has 1 aliphatic heterocycles. The highest BCUT2D eigenvalue weighted by Crippen LogP contribution is 2.32. The Morgan fingerprint density at radius 3 is 2.48 bits per heavy atom. The van der Waals surface area contributed by atoms with Crippen molar-refractivity contribution in [1.29, 1.82) is 10.9 Å². The van der Waals surface area contributed by atoms with Crippen molar-refractivity contribution >= 4 is 17.3 Å². The summed E-state index contributed by atoms with van der Waals surface area (Å²) >= 11 is 0. The zero-order valence-corrected chi connectivity index (χ0v) is 16.6. The van der Waals surface area contributed by atoms with E-state index in [1.54, 1.807) is 12.1 Å². The van der Waals surface area contributed by atoms with Crippen LogP contribution in [-0.2, 0) is 11.4 Å². The maximum atomic E-state index is 12.2. The molecule has 5 N–H and O–H groups in total. The summed E-state index contributed by atoms with van der Waals surface area (Å²) in [5.41, 5.74) is 16.9. The standard InChI is InChI=1S/C24H21N5O2/c25-21(16-6-2-1-3-7-16)20-22(26)24(30)28-23(20)17-9-11-19(12-10-17)31-14-15-5-4-8-18(13-15)29-27/h1-13,23,25,27H,14,26H2,(H,28,30). The van der Waals surface area contributed by atoms with Crippen molar-refractivity contribution in [3.05, 3.63) is 107 Å². The van der Waals surface area contributed by atoms with Crippen LogP contribution < -0.4 is 15.8 Å². The van der Waals surface area contributed by atoms with E-state index in [1.165, 1.54) is 0 Å². The molecule has 7 nitrogen and oxygen atoms in total. The Labute approximate surface area is 179 Å². The van der Waals surface area contributed by atoms with Crippen molar-refractivity contribution in [3.63, 3.8) is 0 Å². The van der Waals surface area contributed by atoms with Crippen LogP contribution in [0.15, 0.2) is 95.2 Å². The Hall–Kier alpha value is -4.26. The van der Waals surface area contributed by atoms with E-state index in [0.29, 0.717) is 29.2 Å². The predicted octanol–water partition coefficient (Wildman–Crippen LogP) is 4.38. The van der Waals surface area contributed by atoms with Crippen LogP contribution in [0.3, 0.4) is 0 Å². The molecule has 0 aliphatic carbocycles. The third-order valence-electron chi connectivity index (χ3n) is 5.09. The molecule has 3 aromatic rings. The van der Waals surface area contributed by atoms with E-state index in [9.17, 15) is 4.79 Å². The van der Waals surface area contributed by atoms with Crippen molar-refractivity contribution in [2.45, 2.75) is 12.6 Å². The van der Waals surface area contributed by atoms with Gasteiger partial charge in [-0.2, -0.15) is 5.11 Å². The Kier molecular flexibility index (Phi) is 5.57.